The summed E-state index contributed by atoms with van der Waals surface area (Å²) in [6.45, 7) is 0. The molecule has 2 rings (SSSR count). The Morgan fingerprint density at radius 3 is 2.44 bits per heavy atom. The molecule has 0 saturated heterocycles. The summed E-state index contributed by atoms with van der Waals surface area (Å²) in [7, 11) is 0. The normalized spacial score (nSPS) is 18.9. The molecule has 1 saturated carbocycles. The number of phenolic OH excluding ortho intramolecular Hbond substituents is 1. The lowest BCUT2D eigenvalue weighted by Gasteiger charge is -2.21. The lowest BCUT2D eigenvalue weighted by molar-refractivity contribution is 0.412. The van der Waals surface area contributed by atoms with E-state index in [0.29, 0.717) is 21.5 Å². The van der Waals surface area contributed by atoms with E-state index in [4.69, 9.17) is 28.9 Å². The van der Waals surface area contributed by atoms with Gasteiger partial charge >= 0.3 is 0 Å². The quantitative estimate of drug-likeness (QED) is 0.847. The smallest absolute Gasteiger partial charge is 0.123 e. The Balaban J connectivity index is 2.31. The molecule has 88 valence electrons. The maximum absolute atomic E-state index is 9.85. The minimum absolute atomic E-state index is 0.108. The molecule has 0 spiro atoms. The molecule has 0 amide bonds. The van der Waals surface area contributed by atoms with Crippen LogP contribution in [0.5, 0.6) is 5.75 Å². The molecule has 0 radical (unpaired) electrons. The highest BCUT2D eigenvalue weighted by Gasteiger charge is 2.27. The first-order valence-electron chi connectivity index (χ1n) is 5.53. The van der Waals surface area contributed by atoms with E-state index in [2.05, 4.69) is 0 Å². The molecule has 4 heteroatoms. The molecule has 1 fully saturated rings. The Morgan fingerprint density at radius 2 is 1.88 bits per heavy atom. The zero-order valence-electron chi connectivity index (χ0n) is 8.92. The highest BCUT2D eigenvalue weighted by molar-refractivity contribution is 6.35. The second-order valence-electron chi connectivity index (χ2n) is 4.39. The minimum atomic E-state index is -0.188. The third kappa shape index (κ3) is 2.29. The molecule has 1 atom stereocenters. The van der Waals surface area contributed by atoms with Crippen LogP contribution in [0.25, 0.3) is 0 Å². The molecule has 1 aliphatic rings. The van der Waals surface area contributed by atoms with Crippen LogP contribution in [0, 0.1) is 5.92 Å². The van der Waals surface area contributed by atoms with Crippen LogP contribution in [-0.2, 0) is 0 Å². The lowest BCUT2D eigenvalue weighted by Crippen LogP contribution is -2.19. The Bertz CT molecular complexity index is 366. The van der Waals surface area contributed by atoms with E-state index < -0.39 is 0 Å². The molecule has 1 aliphatic carbocycles. The van der Waals surface area contributed by atoms with Gasteiger partial charge in [0.05, 0.1) is 5.02 Å². The Labute approximate surface area is 105 Å². The first kappa shape index (κ1) is 12.0. The predicted octanol–water partition coefficient (Wildman–Crippen LogP) is 3.89. The standard InChI is InChI=1S/C12H15Cl2NO/c13-8-5-9(14)11(10(16)6-8)12(15)7-3-1-2-4-7/h5-7,12,16H,1-4,15H2/t12-/m1/s1. The Kier molecular flexibility index (Phi) is 3.63. The van der Waals surface area contributed by atoms with Gasteiger partial charge in [-0.2, -0.15) is 0 Å². The summed E-state index contributed by atoms with van der Waals surface area (Å²) < 4.78 is 0. The number of hydrogen-bond donors (Lipinski definition) is 2. The SMILES string of the molecule is N[C@@H](c1c(O)cc(Cl)cc1Cl)C1CCCC1. The third-order valence-corrected chi connectivity index (χ3v) is 3.84. The monoisotopic (exact) mass is 259 g/mol. The molecule has 16 heavy (non-hydrogen) atoms. The van der Waals surface area contributed by atoms with Crippen molar-refractivity contribution in [3.05, 3.63) is 27.7 Å². The molecule has 0 bridgehead atoms. The fourth-order valence-electron chi connectivity index (χ4n) is 2.45. The number of nitrogens with two attached hydrogens (primary N) is 1. The second kappa shape index (κ2) is 4.82. The van der Waals surface area contributed by atoms with Gasteiger partial charge in [0.2, 0.25) is 0 Å². The Hall–Kier alpha value is -0.440. The van der Waals surface area contributed by atoms with Crippen molar-refractivity contribution in [3.8, 4) is 5.75 Å². The van der Waals surface area contributed by atoms with Crippen molar-refractivity contribution in [1.82, 2.24) is 0 Å². The summed E-state index contributed by atoms with van der Waals surface area (Å²) >= 11 is 11.9. The van der Waals surface area contributed by atoms with Gasteiger partial charge in [-0.3, -0.25) is 0 Å². The number of rotatable bonds is 2. The van der Waals surface area contributed by atoms with E-state index in [1.807, 2.05) is 0 Å². The largest absolute Gasteiger partial charge is 0.508 e. The first-order chi connectivity index (χ1) is 7.59. The van der Waals surface area contributed by atoms with Gasteiger partial charge in [-0.15, -0.1) is 0 Å². The van der Waals surface area contributed by atoms with Gasteiger partial charge in [0.1, 0.15) is 5.75 Å². The average Bonchev–Trinajstić information content (AvgIpc) is 2.67. The van der Waals surface area contributed by atoms with E-state index >= 15 is 0 Å². The van der Waals surface area contributed by atoms with Gasteiger partial charge in [-0.05, 0) is 30.9 Å². The molecule has 0 aromatic heterocycles. The highest BCUT2D eigenvalue weighted by Crippen LogP contribution is 2.41. The van der Waals surface area contributed by atoms with Gasteiger partial charge in [0.25, 0.3) is 0 Å². The molecule has 0 heterocycles. The van der Waals surface area contributed by atoms with Crippen molar-refractivity contribution >= 4 is 23.2 Å². The van der Waals surface area contributed by atoms with Crippen molar-refractivity contribution in [2.24, 2.45) is 11.7 Å². The number of halogens is 2. The fourth-order valence-corrected chi connectivity index (χ4v) is 3.06. The molecule has 2 nitrogen and oxygen atoms in total. The molecule has 0 unspecified atom stereocenters. The van der Waals surface area contributed by atoms with E-state index in [1.54, 1.807) is 6.07 Å². The van der Waals surface area contributed by atoms with Crippen molar-refractivity contribution in [2.75, 3.05) is 0 Å². The number of aromatic hydroxyl groups is 1. The second-order valence-corrected chi connectivity index (χ2v) is 5.23. The molecule has 1 aromatic rings. The van der Waals surface area contributed by atoms with Gasteiger partial charge in [0.15, 0.2) is 0 Å². The summed E-state index contributed by atoms with van der Waals surface area (Å²) in [6, 6.07) is 2.94. The molecule has 3 N–H and O–H groups in total. The molecular weight excluding hydrogens is 245 g/mol. The summed E-state index contributed by atoms with van der Waals surface area (Å²) in [5, 5.41) is 10.8. The van der Waals surface area contributed by atoms with E-state index in [9.17, 15) is 5.11 Å². The molecular formula is C12H15Cl2NO. The van der Waals surface area contributed by atoms with Crippen LogP contribution in [0.2, 0.25) is 10.0 Å². The van der Waals surface area contributed by atoms with Crippen LogP contribution < -0.4 is 5.73 Å². The zero-order valence-corrected chi connectivity index (χ0v) is 10.4. The highest BCUT2D eigenvalue weighted by atomic mass is 35.5. The zero-order chi connectivity index (χ0) is 11.7. The molecule has 0 aliphatic heterocycles. The van der Waals surface area contributed by atoms with E-state index in [-0.39, 0.29) is 11.8 Å². The van der Waals surface area contributed by atoms with E-state index in [1.165, 1.54) is 18.9 Å². The van der Waals surface area contributed by atoms with Gasteiger partial charge in [-0.1, -0.05) is 36.0 Å². The van der Waals surface area contributed by atoms with Gasteiger partial charge in [0, 0.05) is 16.6 Å². The first-order valence-corrected chi connectivity index (χ1v) is 6.28. The summed E-state index contributed by atoms with van der Waals surface area (Å²) in [6.07, 6.45) is 4.65. The minimum Gasteiger partial charge on any atom is -0.508 e. The average molecular weight is 260 g/mol. The molecule has 1 aromatic carbocycles. The van der Waals surface area contributed by atoms with Crippen LogP contribution in [0.15, 0.2) is 12.1 Å². The van der Waals surface area contributed by atoms with Crippen molar-refractivity contribution in [3.63, 3.8) is 0 Å². The number of benzene rings is 1. The maximum atomic E-state index is 9.85. The van der Waals surface area contributed by atoms with Crippen LogP contribution >= 0.6 is 23.2 Å². The lowest BCUT2D eigenvalue weighted by atomic mass is 9.92. The fraction of sp³-hybridized carbons (Fsp3) is 0.500. The number of phenols is 1. The predicted molar refractivity (Wildman–Crippen MR) is 67.0 cm³/mol. The van der Waals surface area contributed by atoms with Crippen LogP contribution in [0.4, 0.5) is 0 Å². The maximum Gasteiger partial charge on any atom is 0.123 e. The summed E-state index contributed by atoms with van der Waals surface area (Å²) in [4.78, 5) is 0. The van der Waals surface area contributed by atoms with Crippen molar-refractivity contribution in [1.29, 1.82) is 0 Å². The Morgan fingerprint density at radius 1 is 1.25 bits per heavy atom. The summed E-state index contributed by atoms with van der Waals surface area (Å²) in [5.41, 5.74) is 6.80. The summed E-state index contributed by atoms with van der Waals surface area (Å²) in [5.74, 6) is 0.529. The third-order valence-electron chi connectivity index (χ3n) is 3.31. The van der Waals surface area contributed by atoms with Crippen LogP contribution in [0.1, 0.15) is 37.3 Å². The number of hydrogen-bond acceptors (Lipinski definition) is 2. The van der Waals surface area contributed by atoms with Gasteiger partial charge < -0.3 is 10.8 Å². The van der Waals surface area contributed by atoms with E-state index in [0.717, 1.165) is 12.8 Å². The van der Waals surface area contributed by atoms with Crippen LogP contribution in [-0.4, -0.2) is 5.11 Å². The van der Waals surface area contributed by atoms with Crippen molar-refractivity contribution in [2.45, 2.75) is 31.7 Å². The van der Waals surface area contributed by atoms with Crippen molar-refractivity contribution < 1.29 is 5.11 Å². The topological polar surface area (TPSA) is 46.2 Å². The van der Waals surface area contributed by atoms with Gasteiger partial charge in [-0.25, -0.2) is 0 Å². The van der Waals surface area contributed by atoms with Crippen LogP contribution in [0.3, 0.4) is 0 Å².